The topological polar surface area (TPSA) is 36.1 Å². The number of thiol groups is 2. The monoisotopic (exact) mass is 287 g/mol. The van der Waals surface area contributed by atoms with Gasteiger partial charge in [0.25, 0.3) is 0 Å². The molecule has 0 aliphatic heterocycles. The van der Waals surface area contributed by atoms with Crippen molar-refractivity contribution in [3.8, 4) is 0 Å². The van der Waals surface area contributed by atoms with Gasteiger partial charge in [-0.15, -0.1) is 0 Å². The Bertz CT molecular complexity index is 212. The summed E-state index contributed by atoms with van der Waals surface area (Å²) >= 11 is 7.88. The molecule has 0 bridgehead atoms. The molecule has 0 amide bonds. The first-order chi connectivity index (χ1) is 7.95. The summed E-state index contributed by atoms with van der Waals surface area (Å²) in [4.78, 5) is 0. The molecule has 17 heavy (non-hydrogen) atoms. The summed E-state index contributed by atoms with van der Waals surface area (Å²) < 4.78 is 28.2. The number of nitrogens with one attached hydrogen (secondary N) is 3. The van der Waals surface area contributed by atoms with E-state index in [0.717, 1.165) is 0 Å². The van der Waals surface area contributed by atoms with Crippen LogP contribution in [0, 0.1) is 0 Å². The van der Waals surface area contributed by atoms with Crippen LogP contribution < -0.4 is 16.0 Å². The van der Waals surface area contributed by atoms with Gasteiger partial charge in [0.2, 0.25) is 0 Å². The zero-order chi connectivity index (χ0) is 13.4. The minimum Gasteiger partial charge on any atom is -0.313 e. The van der Waals surface area contributed by atoms with Crippen molar-refractivity contribution in [2.75, 3.05) is 37.7 Å². The highest BCUT2D eigenvalue weighted by atomic mass is 32.1. The number of alkyl halides is 2. The zero-order valence-electron chi connectivity index (χ0n) is 10.4. The summed E-state index contributed by atoms with van der Waals surface area (Å²) in [5.41, 5.74) is 0. The van der Waals surface area contributed by atoms with Crippen LogP contribution >= 0.6 is 25.3 Å². The van der Waals surface area contributed by atoms with Gasteiger partial charge in [0.05, 0.1) is 0 Å². The fraction of sp³-hybridized carbons (Fsp3) is 1.00. The molecule has 1 unspecified atom stereocenters. The van der Waals surface area contributed by atoms with E-state index in [1.807, 2.05) is 6.92 Å². The molecule has 2 atom stereocenters. The highest BCUT2D eigenvalue weighted by molar-refractivity contribution is 7.80. The molecule has 0 aromatic carbocycles. The van der Waals surface area contributed by atoms with Gasteiger partial charge >= 0.3 is 0 Å². The van der Waals surface area contributed by atoms with Gasteiger partial charge in [-0.2, -0.15) is 25.3 Å². The van der Waals surface area contributed by atoms with Gasteiger partial charge in [-0.3, -0.25) is 10.6 Å². The fourth-order valence-electron chi connectivity index (χ4n) is 1.29. The summed E-state index contributed by atoms with van der Waals surface area (Å²) in [6, 6.07) is 0. The smallest absolute Gasteiger partial charge is 0.183 e. The fourth-order valence-corrected chi connectivity index (χ4v) is 1.73. The molecule has 104 valence electrons. The molecule has 0 saturated heterocycles. The van der Waals surface area contributed by atoms with Crippen molar-refractivity contribution in [1.82, 2.24) is 16.0 Å². The molecule has 0 saturated carbocycles. The summed E-state index contributed by atoms with van der Waals surface area (Å²) in [5, 5.41) is 8.09. The van der Waals surface area contributed by atoms with E-state index in [-0.39, 0.29) is 24.6 Å². The molecule has 7 heteroatoms. The first kappa shape index (κ1) is 17.4. The quantitative estimate of drug-likeness (QED) is 0.307. The Morgan fingerprint density at radius 2 is 1.41 bits per heavy atom. The van der Waals surface area contributed by atoms with E-state index in [9.17, 15) is 8.78 Å². The number of hydrogen-bond donors (Lipinski definition) is 5. The highest BCUT2D eigenvalue weighted by Gasteiger charge is 2.33. The maximum atomic E-state index is 14.1. The van der Waals surface area contributed by atoms with Crippen LogP contribution in [0.3, 0.4) is 0 Å². The van der Waals surface area contributed by atoms with Gasteiger partial charge in [-0.1, -0.05) is 13.8 Å². The van der Waals surface area contributed by atoms with Crippen molar-refractivity contribution in [3.05, 3.63) is 0 Å². The molecule has 0 heterocycles. The molecule has 3 nitrogen and oxygen atoms in total. The average Bonchev–Trinajstić information content (AvgIpc) is 2.34. The molecule has 0 rings (SSSR count). The third-order valence-electron chi connectivity index (χ3n) is 2.34. The molecule has 0 aliphatic carbocycles. The third kappa shape index (κ3) is 6.81. The number of hydrogen-bond acceptors (Lipinski definition) is 5. The maximum absolute atomic E-state index is 14.1. The second-order valence-electron chi connectivity index (χ2n) is 3.91. The lowest BCUT2D eigenvalue weighted by molar-refractivity contribution is 0.0822. The third-order valence-corrected chi connectivity index (χ3v) is 3.34. The Labute approximate surface area is 113 Å². The summed E-state index contributed by atoms with van der Waals surface area (Å²) in [7, 11) is 0. The van der Waals surface area contributed by atoms with Crippen molar-refractivity contribution in [3.63, 3.8) is 0 Å². The standard InChI is InChI=1S/C10H23F2N3S2/c1-3-13-5-9(11,7-16)15-6-10(12,8-17)14-4-2/h13-17H,3-8H2,1-2H3/t9?,10-/m1/s1. The molecule has 0 fully saturated rings. The minimum atomic E-state index is -1.71. The van der Waals surface area contributed by atoms with Crippen LogP contribution in [0.25, 0.3) is 0 Å². The lowest BCUT2D eigenvalue weighted by Crippen LogP contribution is -2.58. The molecular formula is C10H23F2N3S2. The highest BCUT2D eigenvalue weighted by Crippen LogP contribution is 2.13. The molecule has 0 aliphatic rings. The predicted octanol–water partition coefficient (Wildman–Crippen LogP) is 0.986. The molecule has 0 aromatic heterocycles. The van der Waals surface area contributed by atoms with Crippen LogP contribution in [0.15, 0.2) is 0 Å². The lowest BCUT2D eigenvalue weighted by atomic mass is 10.2. The van der Waals surface area contributed by atoms with Crippen LogP contribution in [-0.4, -0.2) is 49.3 Å². The Balaban J connectivity index is 4.27. The summed E-state index contributed by atoms with van der Waals surface area (Å²) in [6.45, 7) is 4.74. The maximum Gasteiger partial charge on any atom is 0.183 e. The van der Waals surface area contributed by atoms with Crippen LogP contribution in [0.1, 0.15) is 13.8 Å². The predicted molar refractivity (Wildman–Crippen MR) is 75.6 cm³/mol. The van der Waals surface area contributed by atoms with E-state index in [4.69, 9.17) is 0 Å². The number of rotatable bonds is 10. The van der Waals surface area contributed by atoms with Crippen LogP contribution in [0.4, 0.5) is 8.78 Å². The average molecular weight is 287 g/mol. The van der Waals surface area contributed by atoms with E-state index >= 15 is 0 Å². The van der Waals surface area contributed by atoms with E-state index in [2.05, 4.69) is 41.2 Å². The van der Waals surface area contributed by atoms with Gasteiger partial charge in [0, 0.05) is 24.6 Å². The van der Waals surface area contributed by atoms with Crippen molar-refractivity contribution in [2.24, 2.45) is 0 Å². The molecule has 0 radical (unpaired) electrons. The molecule has 3 N–H and O–H groups in total. The largest absolute Gasteiger partial charge is 0.313 e. The molecule has 0 aromatic rings. The van der Waals surface area contributed by atoms with Gasteiger partial charge < -0.3 is 5.32 Å². The second kappa shape index (κ2) is 8.53. The minimum absolute atomic E-state index is 0.0162. The Morgan fingerprint density at radius 1 is 0.882 bits per heavy atom. The second-order valence-corrected chi connectivity index (χ2v) is 4.54. The molecule has 0 spiro atoms. The Kier molecular flexibility index (Phi) is 8.75. The Hall–Kier alpha value is 0.440. The van der Waals surface area contributed by atoms with Crippen molar-refractivity contribution >= 4 is 25.3 Å². The SMILES string of the molecule is CCNCC(F)(CS)NC[C@](F)(CS)NCC. The van der Waals surface area contributed by atoms with Gasteiger partial charge in [-0.25, -0.2) is 8.78 Å². The van der Waals surface area contributed by atoms with Crippen molar-refractivity contribution < 1.29 is 8.78 Å². The van der Waals surface area contributed by atoms with Crippen molar-refractivity contribution in [2.45, 2.75) is 25.4 Å². The van der Waals surface area contributed by atoms with Crippen LogP contribution in [0.5, 0.6) is 0 Å². The number of halogens is 2. The first-order valence-electron chi connectivity index (χ1n) is 5.75. The van der Waals surface area contributed by atoms with E-state index in [1.54, 1.807) is 6.92 Å². The van der Waals surface area contributed by atoms with Crippen LogP contribution in [0.2, 0.25) is 0 Å². The van der Waals surface area contributed by atoms with Crippen molar-refractivity contribution in [1.29, 1.82) is 0 Å². The van der Waals surface area contributed by atoms with E-state index < -0.39 is 11.6 Å². The van der Waals surface area contributed by atoms with Gasteiger partial charge in [-0.05, 0) is 13.1 Å². The first-order valence-corrected chi connectivity index (χ1v) is 7.02. The summed E-state index contributed by atoms with van der Waals surface area (Å²) in [6.07, 6.45) is 0. The lowest BCUT2D eigenvalue weighted by Gasteiger charge is -2.31. The van der Waals surface area contributed by atoms with E-state index in [1.165, 1.54) is 0 Å². The van der Waals surface area contributed by atoms with E-state index in [0.29, 0.717) is 13.1 Å². The van der Waals surface area contributed by atoms with Gasteiger partial charge in [0.15, 0.2) is 11.6 Å². The molecular weight excluding hydrogens is 264 g/mol. The summed E-state index contributed by atoms with van der Waals surface area (Å²) in [5.74, 6) is -3.45. The normalized spacial score (nSPS) is 18.7. The number of likely N-dealkylation sites (N-methyl/N-ethyl adjacent to an activating group) is 2. The van der Waals surface area contributed by atoms with Gasteiger partial charge in [0.1, 0.15) is 0 Å². The zero-order valence-corrected chi connectivity index (χ0v) is 12.2. The Morgan fingerprint density at radius 3 is 1.82 bits per heavy atom. The van der Waals surface area contributed by atoms with Crippen LogP contribution in [-0.2, 0) is 0 Å².